The van der Waals surface area contributed by atoms with Crippen LogP contribution in [0.1, 0.15) is 79.3 Å². The van der Waals surface area contributed by atoms with Crippen molar-refractivity contribution in [2.24, 2.45) is 0 Å². The predicted molar refractivity (Wildman–Crippen MR) is 325 cm³/mol. The van der Waals surface area contributed by atoms with Gasteiger partial charge in [-0.2, -0.15) is 0 Å². The fraction of sp³-hybridized carbons (Fsp3) is 0.333. The van der Waals surface area contributed by atoms with E-state index in [1.54, 1.807) is 48.5 Å². The lowest BCUT2D eigenvalue weighted by Gasteiger charge is -2.26. The monoisotopic (exact) mass is 1150 g/mol. The second-order valence-electron chi connectivity index (χ2n) is 22.3. The van der Waals surface area contributed by atoms with Crippen molar-refractivity contribution < 1.29 is 40.3 Å². The van der Waals surface area contributed by atoms with Gasteiger partial charge < -0.3 is 24.5 Å². The van der Waals surface area contributed by atoms with E-state index in [4.69, 9.17) is 13.9 Å². The first-order valence-corrected chi connectivity index (χ1v) is 31.2. The Kier molecular flexibility index (Phi) is 18.5. The fourth-order valence-corrected chi connectivity index (χ4v) is 13.0. The van der Waals surface area contributed by atoms with Crippen LogP contribution in [0.25, 0.3) is 43.3 Å². The van der Waals surface area contributed by atoms with Gasteiger partial charge in [-0.1, -0.05) is 126 Å². The summed E-state index contributed by atoms with van der Waals surface area (Å²) in [5.41, 5.74) is 6.44. The molecule has 0 unspecified atom stereocenters. The molecule has 0 bridgehead atoms. The molecule has 2 saturated heterocycles. The molecule has 2 aliphatic heterocycles. The van der Waals surface area contributed by atoms with Crippen LogP contribution < -0.4 is 20.1 Å². The van der Waals surface area contributed by atoms with Crippen molar-refractivity contribution in [3.63, 3.8) is 0 Å². The van der Waals surface area contributed by atoms with Gasteiger partial charge >= 0.3 is 0 Å². The number of rotatable bonds is 17. The number of morpholine rings is 2. The number of ether oxygens (including phenoxy) is 2. The number of thiophene rings is 1. The number of benzene rings is 6. The summed E-state index contributed by atoms with van der Waals surface area (Å²) in [4.78, 5) is 32.3. The largest absolute Gasteiger partial charge is 0.450 e. The Morgan fingerprint density at radius 1 is 0.531 bits per heavy atom. The zero-order chi connectivity index (χ0) is 57.4. The van der Waals surface area contributed by atoms with E-state index in [1.165, 1.54) is 11.3 Å². The molecule has 426 valence electrons. The average molecular weight is 1150 g/mol. The van der Waals surface area contributed by atoms with Crippen molar-refractivity contribution in [2.45, 2.75) is 68.6 Å². The van der Waals surface area contributed by atoms with E-state index in [1.807, 2.05) is 97.1 Å². The van der Waals surface area contributed by atoms with Gasteiger partial charge in [0.1, 0.15) is 10.5 Å². The van der Waals surface area contributed by atoms with Crippen LogP contribution in [0.4, 0.5) is 11.4 Å². The van der Waals surface area contributed by atoms with Crippen molar-refractivity contribution in [1.29, 1.82) is 0 Å². The summed E-state index contributed by atoms with van der Waals surface area (Å²) < 4.78 is 76.1. The smallest absolute Gasteiger partial charge is 0.287 e. The van der Waals surface area contributed by atoms with E-state index >= 15 is 0 Å². The van der Waals surface area contributed by atoms with Crippen LogP contribution in [0.15, 0.2) is 160 Å². The molecular formula is C63H72N6O9S3. The number of carbonyl (C=O) groups excluding carboxylic acids is 2. The number of hydrogen-bond donors (Lipinski definition) is 4. The number of nitrogens with one attached hydrogen (secondary N) is 4. The molecule has 8 aromatic rings. The quantitative estimate of drug-likeness (QED) is 0.0635. The minimum atomic E-state index is -3.83. The van der Waals surface area contributed by atoms with Crippen molar-refractivity contribution >= 4 is 75.6 Å². The van der Waals surface area contributed by atoms with Crippen LogP contribution >= 0.6 is 11.3 Å². The van der Waals surface area contributed by atoms with Crippen molar-refractivity contribution in [3.8, 4) is 22.3 Å². The Morgan fingerprint density at radius 2 is 1.00 bits per heavy atom. The molecule has 4 heterocycles. The van der Waals surface area contributed by atoms with Crippen molar-refractivity contribution in [3.05, 3.63) is 167 Å². The van der Waals surface area contributed by atoms with Gasteiger partial charge in [-0.05, 0) is 107 Å². The third kappa shape index (κ3) is 14.8. The zero-order valence-electron chi connectivity index (χ0n) is 46.8. The number of hydrogen-bond acceptors (Lipinski definition) is 12. The molecule has 6 aromatic carbocycles. The highest BCUT2D eigenvalue weighted by Crippen LogP contribution is 2.41. The molecule has 18 heteroatoms. The van der Waals surface area contributed by atoms with Gasteiger partial charge in [0.15, 0.2) is 0 Å². The first-order valence-electron chi connectivity index (χ1n) is 27.4. The number of anilines is 2. The summed E-state index contributed by atoms with van der Waals surface area (Å²) in [6, 6.07) is 43.7. The number of sulfonamides is 2. The van der Waals surface area contributed by atoms with Crippen LogP contribution in [0, 0.1) is 0 Å². The lowest BCUT2D eigenvalue weighted by molar-refractivity contribution is 0.0374. The first kappa shape index (κ1) is 58.7. The lowest BCUT2D eigenvalue weighted by Crippen LogP contribution is -2.41. The van der Waals surface area contributed by atoms with Crippen LogP contribution in [-0.4, -0.2) is 117 Å². The summed E-state index contributed by atoms with van der Waals surface area (Å²) in [7, 11) is -7.62. The summed E-state index contributed by atoms with van der Waals surface area (Å²) in [5.74, 6) is -0.238. The highest BCUT2D eigenvalue weighted by atomic mass is 32.2. The summed E-state index contributed by atoms with van der Waals surface area (Å²) >= 11 is 1.42. The molecule has 15 nitrogen and oxygen atoms in total. The van der Waals surface area contributed by atoms with E-state index in [0.717, 1.165) is 96.8 Å². The van der Waals surface area contributed by atoms with Crippen LogP contribution in [0.3, 0.4) is 0 Å². The van der Waals surface area contributed by atoms with Gasteiger partial charge in [-0.25, -0.2) is 16.8 Å². The number of amides is 2. The van der Waals surface area contributed by atoms with Gasteiger partial charge in [-0.3, -0.25) is 28.8 Å². The second-order valence-corrected chi connectivity index (χ2v) is 26.7. The van der Waals surface area contributed by atoms with E-state index in [-0.39, 0.29) is 38.2 Å². The molecule has 2 fully saturated rings. The number of nitrogens with zero attached hydrogens (tertiary/aromatic N) is 2. The summed E-state index contributed by atoms with van der Waals surface area (Å²) in [5, 5.41) is 7.56. The van der Waals surface area contributed by atoms with Crippen molar-refractivity contribution in [2.75, 3.05) is 88.2 Å². The van der Waals surface area contributed by atoms with Crippen molar-refractivity contribution in [1.82, 2.24) is 20.4 Å². The van der Waals surface area contributed by atoms with Gasteiger partial charge in [0.2, 0.25) is 5.76 Å². The molecule has 81 heavy (non-hydrogen) atoms. The molecule has 2 aromatic heterocycles. The Bertz CT molecular complexity index is 3680. The maximum absolute atomic E-state index is 13.4. The molecule has 2 aliphatic rings. The topological polar surface area (TPSA) is 189 Å². The van der Waals surface area contributed by atoms with E-state index in [2.05, 4.69) is 71.4 Å². The predicted octanol–water partition coefficient (Wildman–Crippen LogP) is 11.4. The maximum atomic E-state index is 13.4. The van der Waals surface area contributed by atoms with E-state index < -0.39 is 20.0 Å². The van der Waals surface area contributed by atoms with E-state index in [9.17, 15) is 26.4 Å². The number of furan rings is 1. The second kappa shape index (κ2) is 25.5. The first-order chi connectivity index (χ1) is 38.7. The molecule has 4 N–H and O–H groups in total. The highest BCUT2D eigenvalue weighted by molar-refractivity contribution is 7.93. The molecule has 0 radical (unpaired) electrons. The van der Waals surface area contributed by atoms with Crippen LogP contribution in [0.5, 0.6) is 0 Å². The highest BCUT2D eigenvalue weighted by Gasteiger charge is 2.26. The average Bonchev–Trinajstić information content (AvgIpc) is 4.24. The zero-order valence-corrected chi connectivity index (χ0v) is 49.3. The van der Waals surface area contributed by atoms with Gasteiger partial charge in [0, 0.05) is 83.8 Å². The Balaban J connectivity index is 0.000000196. The molecule has 0 atom stereocenters. The maximum Gasteiger partial charge on any atom is 0.287 e. The minimum absolute atomic E-state index is 0.0692. The van der Waals surface area contributed by atoms with Gasteiger partial charge in [0.25, 0.3) is 31.9 Å². The standard InChI is InChI=1S/C32H37N3O4S2.C31H35N3O5S/c1-32(2,3)24-10-13-26(14-11-24)41(37,38)34-25-12-15-28-27(22-25)29(23-8-5-4-6-9-23)30(40-28)31(36)33-16-7-17-35-18-20-39-21-19-35;1-31(2,3)23-9-12-25(13-10-23)40(36,37)33-24-11-14-27-26(21-24)28(22-7-5-4-6-8-22)29(39-27)30(35)32-15-16-34-17-19-38-20-18-34/h4-6,8-15,22,34H,7,16-21H2,1-3H3,(H,33,36);4-14,21,33H,15-20H2,1-3H3,(H,32,35). The summed E-state index contributed by atoms with van der Waals surface area (Å²) in [6.45, 7) is 21.7. The SMILES string of the molecule is CC(C)(C)c1ccc(S(=O)(=O)Nc2ccc3oc(C(=O)NCCN4CCOCC4)c(-c4ccccc4)c3c2)cc1.CC(C)(C)c1ccc(S(=O)(=O)Nc2ccc3sc(C(=O)NCCCN4CCOCC4)c(-c4ccccc4)c3c2)cc1. The Morgan fingerprint density at radius 3 is 1.52 bits per heavy atom. The summed E-state index contributed by atoms with van der Waals surface area (Å²) in [6.07, 6.45) is 0.861. The third-order valence-corrected chi connectivity index (χ3v) is 18.3. The molecule has 0 aliphatic carbocycles. The molecule has 0 spiro atoms. The van der Waals surface area contributed by atoms with Crippen LogP contribution in [-0.2, 0) is 40.4 Å². The Hall–Kier alpha value is -6.90. The minimum Gasteiger partial charge on any atom is -0.450 e. The lowest BCUT2D eigenvalue weighted by atomic mass is 9.87. The van der Waals surface area contributed by atoms with Gasteiger partial charge in [-0.15, -0.1) is 11.3 Å². The number of fused-ring (bicyclic) bond motifs is 2. The third-order valence-electron chi connectivity index (χ3n) is 14.3. The van der Waals surface area contributed by atoms with E-state index in [0.29, 0.717) is 59.1 Å². The molecular weight excluding hydrogens is 1080 g/mol. The van der Waals surface area contributed by atoms with Crippen LogP contribution in [0.2, 0.25) is 0 Å². The number of carbonyl (C=O) groups is 2. The molecule has 2 amide bonds. The normalized spacial score (nSPS) is 14.7. The molecule has 10 rings (SSSR count). The van der Waals surface area contributed by atoms with Gasteiger partial charge in [0.05, 0.1) is 36.2 Å². The fourth-order valence-electron chi connectivity index (χ4n) is 9.76. The Labute approximate surface area is 480 Å². The molecule has 0 saturated carbocycles.